The van der Waals surface area contributed by atoms with Crippen molar-refractivity contribution in [3.8, 4) is 0 Å². The molecule has 2 aromatic rings. The fourth-order valence-corrected chi connectivity index (χ4v) is 2.76. The van der Waals surface area contributed by atoms with E-state index in [9.17, 15) is 9.90 Å². The third-order valence-electron chi connectivity index (χ3n) is 3.91. The highest BCUT2D eigenvalue weighted by Crippen LogP contribution is 2.25. The van der Waals surface area contributed by atoms with E-state index in [0.29, 0.717) is 6.54 Å². The number of amides is 1. The van der Waals surface area contributed by atoms with E-state index < -0.39 is 6.09 Å². The van der Waals surface area contributed by atoms with Crippen LogP contribution in [-0.2, 0) is 6.42 Å². The minimum absolute atomic E-state index is 0.380. The van der Waals surface area contributed by atoms with Crippen molar-refractivity contribution in [3.63, 3.8) is 0 Å². The molecule has 0 atom stereocenters. The first-order chi connectivity index (χ1) is 10.3. The molecular weight excluding hydrogens is 276 g/mol. The quantitative estimate of drug-likeness (QED) is 0.834. The third kappa shape index (κ3) is 3.50. The Bertz CT molecular complexity index is 674. The third-order valence-corrected chi connectivity index (χ3v) is 3.91. The molecule has 1 amide bonds. The molecule has 0 saturated heterocycles. The van der Waals surface area contributed by atoms with E-state index in [0.717, 1.165) is 29.3 Å². The van der Waals surface area contributed by atoms with E-state index in [1.807, 2.05) is 45.0 Å². The van der Waals surface area contributed by atoms with Crippen LogP contribution in [0.4, 0.5) is 10.5 Å². The number of rotatable bonds is 4. The lowest BCUT2D eigenvalue weighted by atomic mass is 9.99. The Morgan fingerprint density at radius 1 is 1.14 bits per heavy atom. The highest BCUT2D eigenvalue weighted by Gasteiger charge is 2.25. The number of aryl methyl sites for hydroxylation is 1. The molecule has 4 heteroatoms. The number of nitrogen functional groups attached to an aromatic ring is 1. The minimum Gasteiger partial charge on any atom is -0.465 e. The van der Waals surface area contributed by atoms with Crippen molar-refractivity contribution in [2.45, 2.75) is 39.2 Å². The number of anilines is 1. The van der Waals surface area contributed by atoms with Gasteiger partial charge in [0.15, 0.2) is 0 Å². The lowest BCUT2D eigenvalue weighted by Gasteiger charge is -2.33. The summed E-state index contributed by atoms with van der Waals surface area (Å²) in [6.07, 6.45) is 0.757. The molecule has 0 fully saturated rings. The Balaban J connectivity index is 2.13. The molecule has 0 aromatic heterocycles. The lowest BCUT2D eigenvalue weighted by molar-refractivity contribution is 0.0996. The number of benzene rings is 2. The summed E-state index contributed by atoms with van der Waals surface area (Å²) in [6.45, 7) is 6.27. The lowest BCUT2D eigenvalue weighted by Crippen LogP contribution is -2.45. The van der Waals surface area contributed by atoms with Gasteiger partial charge in [-0.05, 0) is 50.6 Å². The highest BCUT2D eigenvalue weighted by atomic mass is 16.4. The Morgan fingerprint density at radius 2 is 1.77 bits per heavy atom. The van der Waals surface area contributed by atoms with Crippen molar-refractivity contribution in [1.82, 2.24) is 4.90 Å². The van der Waals surface area contributed by atoms with Crippen molar-refractivity contribution >= 4 is 22.6 Å². The fourth-order valence-electron chi connectivity index (χ4n) is 2.76. The van der Waals surface area contributed by atoms with Crippen LogP contribution < -0.4 is 5.73 Å². The van der Waals surface area contributed by atoms with E-state index in [4.69, 9.17) is 5.73 Å². The second kappa shape index (κ2) is 6.26. The molecule has 4 nitrogen and oxygen atoms in total. The van der Waals surface area contributed by atoms with Gasteiger partial charge in [-0.25, -0.2) is 4.79 Å². The van der Waals surface area contributed by atoms with Gasteiger partial charge >= 0.3 is 6.09 Å². The maximum Gasteiger partial charge on any atom is 0.407 e. The first-order valence-corrected chi connectivity index (χ1v) is 7.57. The molecule has 3 N–H and O–H groups in total. The van der Waals surface area contributed by atoms with Gasteiger partial charge in [0.05, 0.1) is 0 Å². The number of nitrogens with zero attached hydrogens (tertiary/aromatic N) is 1. The van der Waals surface area contributed by atoms with Crippen LogP contribution in [0.3, 0.4) is 0 Å². The molecule has 2 aromatic carbocycles. The largest absolute Gasteiger partial charge is 0.465 e. The van der Waals surface area contributed by atoms with Gasteiger partial charge in [0, 0.05) is 23.2 Å². The van der Waals surface area contributed by atoms with Crippen LogP contribution >= 0.6 is 0 Å². The second-order valence-electron chi connectivity index (χ2n) is 6.57. The number of fused-ring (bicyclic) bond motifs is 1. The topological polar surface area (TPSA) is 66.6 Å². The molecule has 22 heavy (non-hydrogen) atoms. The van der Waals surface area contributed by atoms with Crippen LogP contribution in [0, 0.1) is 0 Å². The molecule has 0 unspecified atom stereocenters. The van der Waals surface area contributed by atoms with Crippen LogP contribution in [0.1, 0.15) is 32.8 Å². The molecule has 0 radical (unpaired) electrons. The zero-order valence-corrected chi connectivity index (χ0v) is 13.5. The molecule has 0 saturated carbocycles. The predicted octanol–water partition coefficient (Wildman–Crippen LogP) is 4.13. The summed E-state index contributed by atoms with van der Waals surface area (Å²) in [7, 11) is 0. The van der Waals surface area contributed by atoms with Crippen LogP contribution in [0.2, 0.25) is 0 Å². The van der Waals surface area contributed by atoms with Crippen LogP contribution in [0.5, 0.6) is 0 Å². The van der Waals surface area contributed by atoms with Gasteiger partial charge in [0.2, 0.25) is 0 Å². The molecule has 0 spiro atoms. The van der Waals surface area contributed by atoms with Crippen LogP contribution in [-0.4, -0.2) is 28.2 Å². The van der Waals surface area contributed by atoms with Crippen molar-refractivity contribution < 1.29 is 9.90 Å². The summed E-state index contributed by atoms with van der Waals surface area (Å²) in [4.78, 5) is 12.8. The standard InChI is InChI=1S/C18H24N2O2/c1-18(2,3)20(17(21)22)12-6-8-13-7-4-10-15-14(13)9-5-11-16(15)19/h4-5,7,9-11H,6,8,12,19H2,1-3H3,(H,21,22). The van der Waals surface area contributed by atoms with Gasteiger partial charge in [-0.1, -0.05) is 30.3 Å². The van der Waals surface area contributed by atoms with Crippen LogP contribution in [0.25, 0.3) is 10.8 Å². The van der Waals surface area contributed by atoms with Gasteiger partial charge in [-0.2, -0.15) is 0 Å². The average Bonchev–Trinajstić information content (AvgIpc) is 2.42. The fraction of sp³-hybridized carbons (Fsp3) is 0.389. The van der Waals surface area contributed by atoms with Gasteiger partial charge in [-0.3, -0.25) is 0 Å². The van der Waals surface area contributed by atoms with Gasteiger partial charge in [0.25, 0.3) is 0 Å². The number of carboxylic acid groups (broad SMARTS) is 1. The summed E-state index contributed by atoms with van der Waals surface area (Å²) in [5.74, 6) is 0. The zero-order valence-electron chi connectivity index (χ0n) is 13.5. The van der Waals surface area contributed by atoms with Crippen molar-refractivity contribution in [1.29, 1.82) is 0 Å². The minimum atomic E-state index is -0.866. The van der Waals surface area contributed by atoms with Crippen molar-refractivity contribution in [3.05, 3.63) is 42.0 Å². The van der Waals surface area contributed by atoms with Crippen molar-refractivity contribution in [2.24, 2.45) is 0 Å². The Morgan fingerprint density at radius 3 is 2.41 bits per heavy atom. The van der Waals surface area contributed by atoms with E-state index in [2.05, 4.69) is 12.1 Å². The summed E-state index contributed by atoms with van der Waals surface area (Å²) in [6, 6.07) is 12.0. The van der Waals surface area contributed by atoms with Gasteiger partial charge in [-0.15, -0.1) is 0 Å². The van der Waals surface area contributed by atoms with E-state index in [-0.39, 0.29) is 5.54 Å². The summed E-state index contributed by atoms with van der Waals surface area (Å²) >= 11 is 0. The first-order valence-electron chi connectivity index (χ1n) is 7.57. The molecule has 0 aliphatic rings. The molecule has 118 valence electrons. The number of carbonyl (C=O) groups is 1. The average molecular weight is 300 g/mol. The summed E-state index contributed by atoms with van der Waals surface area (Å²) in [5, 5.41) is 11.5. The Labute approximate surface area is 131 Å². The Hall–Kier alpha value is -2.23. The summed E-state index contributed by atoms with van der Waals surface area (Å²) < 4.78 is 0. The normalized spacial score (nSPS) is 11.6. The smallest absolute Gasteiger partial charge is 0.407 e. The van der Waals surface area contributed by atoms with E-state index in [1.54, 1.807) is 0 Å². The van der Waals surface area contributed by atoms with Gasteiger partial charge in [0.1, 0.15) is 0 Å². The first kappa shape index (κ1) is 16.1. The monoisotopic (exact) mass is 300 g/mol. The molecule has 0 bridgehead atoms. The van der Waals surface area contributed by atoms with Crippen LogP contribution in [0.15, 0.2) is 36.4 Å². The molecule has 0 aliphatic heterocycles. The molecule has 0 heterocycles. The zero-order chi connectivity index (χ0) is 16.3. The number of nitrogens with two attached hydrogens (primary N) is 1. The molecular formula is C18H24N2O2. The maximum absolute atomic E-state index is 11.4. The number of hydrogen-bond acceptors (Lipinski definition) is 2. The highest BCUT2D eigenvalue weighted by molar-refractivity contribution is 5.94. The molecule has 0 aliphatic carbocycles. The summed E-state index contributed by atoms with van der Waals surface area (Å²) in [5.41, 5.74) is 7.62. The van der Waals surface area contributed by atoms with E-state index in [1.165, 1.54) is 10.5 Å². The molecule has 2 rings (SSSR count). The predicted molar refractivity (Wildman–Crippen MR) is 91.2 cm³/mol. The Kier molecular flexibility index (Phi) is 4.59. The van der Waals surface area contributed by atoms with E-state index >= 15 is 0 Å². The van der Waals surface area contributed by atoms with Crippen molar-refractivity contribution in [2.75, 3.05) is 12.3 Å². The number of hydrogen-bond donors (Lipinski definition) is 2. The maximum atomic E-state index is 11.4. The second-order valence-corrected chi connectivity index (χ2v) is 6.57. The van der Waals surface area contributed by atoms with Gasteiger partial charge < -0.3 is 15.7 Å². The SMILES string of the molecule is CC(C)(C)N(CCCc1cccc2c(N)cccc12)C(=O)O.